The number of nitriles is 2. The Morgan fingerprint density at radius 3 is 2.65 bits per heavy atom. The monoisotopic (exact) mass is 347 g/mol. The highest BCUT2D eigenvalue weighted by Gasteiger charge is 2.41. The summed E-state index contributed by atoms with van der Waals surface area (Å²) in [4.78, 5) is 17.5. The van der Waals surface area contributed by atoms with E-state index in [1.165, 1.54) is 4.90 Å². The molecule has 1 atom stereocenters. The average molecular weight is 347 g/mol. The van der Waals surface area contributed by atoms with Crippen molar-refractivity contribution in [2.75, 3.05) is 25.5 Å². The molecule has 130 valence electrons. The Hall–Kier alpha value is -3.58. The number of rotatable bonds is 5. The normalized spacial score (nSPS) is 18.7. The van der Waals surface area contributed by atoms with Crippen LogP contribution in [0.15, 0.2) is 36.5 Å². The first-order valence-electron chi connectivity index (χ1n) is 8.11. The van der Waals surface area contributed by atoms with Gasteiger partial charge in [0.1, 0.15) is 0 Å². The zero-order chi connectivity index (χ0) is 18.6. The fraction of sp³-hybridized carbons (Fsp3) is 0.263. The van der Waals surface area contributed by atoms with Crippen LogP contribution in [-0.2, 0) is 4.79 Å². The fourth-order valence-corrected chi connectivity index (χ4v) is 2.89. The highest BCUT2D eigenvalue weighted by atomic mass is 16.5. The number of likely N-dealkylation sites (tertiary alicyclic amines) is 1. The molecular formula is C19H17N5O2. The minimum atomic E-state index is -1.07. The second-order valence-electron chi connectivity index (χ2n) is 6.07. The van der Waals surface area contributed by atoms with Crippen molar-refractivity contribution in [1.29, 1.82) is 10.5 Å². The zero-order valence-corrected chi connectivity index (χ0v) is 14.3. The third kappa shape index (κ3) is 3.28. The smallest absolute Gasteiger partial charge is 0.238 e. The van der Waals surface area contributed by atoms with Crippen molar-refractivity contribution < 1.29 is 9.53 Å². The molecule has 3 rings (SSSR count). The van der Waals surface area contributed by atoms with Crippen LogP contribution in [0.2, 0.25) is 0 Å². The summed E-state index contributed by atoms with van der Waals surface area (Å²) in [6, 6.07) is 11.2. The standard InChI is InChI=1S/C19H17N5O2/c1-22-17-8-16(15-4-2-14(9-20)3-5-15)10-23-18(17)26-19(12-25)6-7-24(11-19)13-21/h2-5,8,10,12,22H,6-7,11H2,1H3/t19-/m0/s1. The van der Waals surface area contributed by atoms with Gasteiger partial charge in [-0.1, -0.05) is 12.1 Å². The lowest BCUT2D eigenvalue weighted by Crippen LogP contribution is -2.40. The summed E-state index contributed by atoms with van der Waals surface area (Å²) in [5.74, 6) is 0.316. The van der Waals surface area contributed by atoms with E-state index in [-0.39, 0.29) is 6.54 Å². The van der Waals surface area contributed by atoms with E-state index in [0.29, 0.717) is 30.1 Å². The Balaban J connectivity index is 1.88. The maximum Gasteiger partial charge on any atom is 0.238 e. The first-order chi connectivity index (χ1) is 12.6. The van der Waals surface area contributed by atoms with Crippen LogP contribution in [0.5, 0.6) is 5.88 Å². The van der Waals surface area contributed by atoms with Gasteiger partial charge in [0.2, 0.25) is 5.88 Å². The van der Waals surface area contributed by atoms with Crippen LogP contribution in [0, 0.1) is 22.8 Å². The number of aldehydes is 1. The van der Waals surface area contributed by atoms with Crippen molar-refractivity contribution in [2.45, 2.75) is 12.0 Å². The number of aromatic nitrogens is 1. The van der Waals surface area contributed by atoms with E-state index >= 15 is 0 Å². The molecular weight excluding hydrogens is 330 g/mol. The molecule has 0 amide bonds. The molecule has 1 aromatic heterocycles. The van der Waals surface area contributed by atoms with Crippen molar-refractivity contribution in [3.05, 3.63) is 42.1 Å². The molecule has 1 N–H and O–H groups in total. The molecule has 1 aliphatic heterocycles. The maximum absolute atomic E-state index is 11.6. The minimum Gasteiger partial charge on any atom is -0.460 e. The molecule has 2 aromatic rings. The highest BCUT2D eigenvalue weighted by Crippen LogP contribution is 2.32. The van der Waals surface area contributed by atoms with Crippen molar-refractivity contribution in [2.24, 2.45) is 0 Å². The molecule has 0 aliphatic carbocycles. The Morgan fingerprint density at radius 1 is 1.31 bits per heavy atom. The number of carbonyl (C=O) groups excluding carboxylic acids is 1. The summed E-state index contributed by atoms with van der Waals surface area (Å²) >= 11 is 0. The second kappa shape index (κ2) is 7.12. The molecule has 0 spiro atoms. The summed E-state index contributed by atoms with van der Waals surface area (Å²) in [5.41, 5.74) is 1.94. The number of nitrogens with one attached hydrogen (secondary N) is 1. The predicted octanol–water partition coefficient (Wildman–Crippen LogP) is 2.17. The molecule has 2 heterocycles. The third-order valence-corrected chi connectivity index (χ3v) is 4.39. The summed E-state index contributed by atoms with van der Waals surface area (Å²) < 4.78 is 5.92. The quantitative estimate of drug-likeness (QED) is 0.653. The second-order valence-corrected chi connectivity index (χ2v) is 6.07. The van der Waals surface area contributed by atoms with Crippen LogP contribution < -0.4 is 10.1 Å². The van der Waals surface area contributed by atoms with Crippen LogP contribution >= 0.6 is 0 Å². The van der Waals surface area contributed by atoms with E-state index < -0.39 is 5.60 Å². The molecule has 1 saturated heterocycles. The van der Waals surface area contributed by atoms with Gasteiger partial charge >= 0.3 is 0 Å². The fourth-order valence-electron chi connectivity index (χ4n) is 2.89. The van der Waals surface area contributed by atoms with E-state index in [4.69, 9.17) is 15.3 Å². The Morgan fingerprint density at radius 2 is 2.08 bits per heavy atom. The first-order valence-corrected chi connectivity index (χ1v) is 8.11. The number of nitrogens with zero attached hydrogens (tertiary/aromatic N) is 4. The van der Waals surface area contributed by atoms with Gasteiger partial charge in [0.05, 0.1) is 23.9 Å². The van der Waals surface area contributed by atoms with Gasteiger partial charge in [-0.3, -0.25) is 4.79 Å². The SMILES string of the molecule is CNc1cc(-c2ccc(C#N)cc2)cnc1O[C@@]1(C=O)CCN(C#N)C1. The van der Waals surface area contributed by atoms with Crippen LogP contribution in [0.25, 0.3) is 11.1 Å². The molecule has 1 fully saturated rings. The van der Waals surface area contributed by atoms with Gasteiger partial charge < -0.3 is 15.0 Å². The van der Waals surface area contributed by atoms with E-state index in [1.807, 2.05) is 24.4 Å². The maximum atomic E-state index is 11.6. The molecule has 0 saturated carbocycles. The van der Waals surface area contributed by atoms with E-state index in [1.54, 1.807) is 25.4 Å². The van der Waals surface area contributed by atoms with E-state index in [2.05, 4.69) is 16.4 Å². The number of hydrogen-bond donors (Lipinski definition) is 1. The van der Waals surface area contributed by atoms with Gasteiger partial charge in [-0.2, -0.15) is 10.5 Å². The van der Waals surface area contributed by atoms with Crippen molar-refractivity contribution >= 4 is 12.0 Å². The third-order valence-electron chi connectivity index (χ3n) is 4.39. The van der Waals surface area contributed by atoms with Gasteiger partial charge in [-0.15, -0.1) is 0 Å². The largest absolute Gasteiger partial charge is 0.460 e. The number of ether oxygens (including phenoxy) is 1. The molecule has 1 aliphatic rings. The molecule has 26 heavy (non-hydrogen) atoms. The van der Waals surface area contributed by atoms with Crippen LogP contribution in [0.4, 0.5) is 5.69 Å². The molecule has 7 nitrogen and oxygen atoms in total. The molecule has 7 heteroatoms. The molecule has 0 bridgehead atoms. The average Bonchev–Trinajstić information content (AvgIpc) is 3.12. The summed E-state index contributed by atoms with van der Waals surface area (Å²) in [5, 5.41) is 20.9. The summed E-state index contributed by atoms with van der Waals surface area (Å²) in [6.07, 6.45) is 4.89. The molecule has 0 unspecified atom stereocenters. The lowest BCUT2D eigenvalue weighted by atomic mass is 10.0. The number of hydrogen-bond acceptors (Lipinski definition) is 7. The lowest BCUT2D eigenvalue weighted by molar-refractivity contribution is -0.120. The van der Waals surface area contributed by atoms with Gasteiger partial charge in [0.15, 0.2) is 18.1 Å². The number of pyridine rings is 1. The topological polar surface area (TPSA) is 102 Å². The Labute approximate surface area is 151 Å². The minimum absolute atomic E-state index is 0.217. The zero-order valence-electron chi connectivity index (χ0n) is 14.3. The van der Waals surface area contributed by atoms with E-state index in [9.17, 15) is 4.79 Å². The molecule has 1 aromatic carbocycles. The number of benzene rings is 1. The number of anilines is 1. The van der Waals surface area contributed by atoms with Gasteiger partial charge in [-0.05, 0) is 23.8 Å². The van der Waals surface area contributed by atoms with Gasteiger partial charge in [0, 0.05) is 31.8 Å². The first kappa shape index (κ1) is 17.2. The van der Waals surface area contributed by atoms with Gasteiger partial charge in [0.25, 0.3) is 0 Å². The lowest BCUT2D eigenvalue weighted by Gasteiger charge is -2.24. The van der Waals surface area contributed by atoms with E-state index in [0.717, 1.165) is 17.4 Å². The highest BCUT2D eigenvalue weighted by molar-refractivity contribution is 5.71. The Bertz CT molecular complexity index is 898. The molecule has 0 radical (unpaired) electrons. The van der Waals surface area contributed by atoms with Crippen molar-refractivity contribution in [3.63, 3.8) is 0 Å². The summed E-state index contributed by atoms with van der Waals surface area (Å²) in [6.45, 7) is 0.697. The number of carbonyl (C=O) groups is 1. The van der Waals surface area contributed by atoms with Crippen molar-refractivity contribution in [3.8, 4) is 29.3 Å². The summed E-state index contributed by atoms with van der Waals surface area (Å²) in [7, 11) is 1.75. The van der Waals surface area contributed by atoms with Gasteiger partial charge in [-0.25, -0.2) is 4.98 Å². The predicted molar refractivity (Wildman–Crippen MR) is 95.2 cm³/mol. The van der Waals surface area contributed by atoms with Crippen LogP contribution in [0.1, 0.15) is 12.0 Å². The Kier molecular flexibility index (Phi) is 4.72. The van der Waals surface area contributed by atoms with Crippen LogP contribution in [-0.4, -0.2) is 41.9 Å². The van der Waals surface area contributed by atoms with Crippen molar-refractivity contribution in [1.82, 2.24) is 9.88 Å². The van der Waals surface area contributed by atoms with Crippen LogP contribution in [0.3, 0.4) is 0 Å².